The zero-order valence-electron chi connectivity index (χ0n) is 17.0. The van der Waals surface area contributed by atoms with Crippen molar-refractivity contribution in [3.63, 3.8) is 0 Å². The number of ether oxygens (including phenoxy) is 1. The number of nitrogens with zero attached hydrogens (tertiary/aromatic N) is 2. The minimum Gasteiger partial charge on any atom is -0.497 e. The summed E-state index contributed by atoms with van der Waals surface area (Å²) in [7, 11) is 1.51. The summed E-state index contributed by atoms with van der Waals surface area (Å²) in [5.41, 5.74) is 0.587. The van der Waals surface area contributed by atoms with E-state index in [1.54, 1.807) is 48.5 Å². The van der Waals surface area contributed by atoms with Crippen LogP contribution in [0, 0.1) is 0 Å². The summed E-state index contributed by atoms with van der Waals surface area (Å²) in [6.45, 7) is 3.56. The predicted octanol–water partition coefficient (Wildman–Crippen LogP) is 4.79. The lowest BCUT2D eigenvalue weighted by atomic mass is 10.2. The molecule has 0 fully saturated rings. The topological polar surface area (TPSA) is 88.2 Å². The van der Waals surface area contributed by atoms with Gasteiger partial charge in [0.2, 0.25) is 11.9 Å². The van der Waals surface area contributed by atoms with Gasteiger partial charge < -0.3 is 20.7 Å². The predicted molar refractivity (Wildman–Crippen MR) is 115 cm³/mol. The first-order valence-corrected chi connectivity index (χ1v) is 9.40. The van der Waals surface area contributed by atoms with E-state index >= 15 is 0 Å². The first kappa shape index (κ1) is 22.6. The van der Waals surface area contributed by atoms with Gasteiger partial charge >= 0.3 is 6.18 Å². The first-order chi connectivity index (χ1) is 15.3. The van der Waals surface area contributed by atoms with Crippen molar-refractivity contribution in [2.75, 3.05) is 17.7 Å². The number of hydrogen-bond donors (Lipinski definition) is 3. The minimum atomic E-state index is -4.66. The van der Waals surface area contributed by atoms with E-state index in [4.69, 9.17) is 4.74 Å². The maximum atomic E-state index is 13.5. The van der Waals surface area contributed by atoms with Gasteiger partial charge in [-0.15, -0.1) is 0 Å². The molecule has 32 heavy (non-hydrogen) atoms. The van der Waals surface area contributed by atoms with E-state index in [1.165, 1.54) is 7.11 Å². The van der Waals surface area contributed by atoms with Gasteiger partial charge in [0.05, 0.1) is 7.11 Å². The summed E-state index contributed by atoms with van der Waals surface area (Å²) in [6, 6.07) is 13.4. The molecule has 0 aliphatic heterocycles. The van der Waals surface area contributed by atoms with E-state index in [0.717, 1.165) is 6.08 Å². The first-order valence-electron chi connectivity index (χ1n) is 9.40. The smallest absolute Gasteiger partial charge is 0.421 e. The number of rotatable bonds is 8. The maximum Gasteiger partial charge on any atom is 0.421 e. The molecule has 0 aliphatic carbocycles. The fourth-order valence-electron chi connectivity index (χ4n) is 2.73. The van der Waals surface area contributed by atoms with E-state index in [1.807, 2.05) is 0 Å². The number of nitrogens with one attached hydrogen (secondary N) is 3. The van der Waals surface area contributed by atoms with Crippen LogP contribution in [0.2, 0.25) is 0 Å². The van der Waals surface area contributed by atoms with Crippen LogP contribution < -0.4 is 20.7 Å². The highest BCUT2D eigenvalue weighted by atomic mass is 19.4. The number of benzene rings is 2. The van der Waals surface area contributed by atoms with Crippen LogP contribution in [0.25, 0.3) is 0 Å². The fourth-order valence-corrected chi connectivity index (χ4v) is 2.73. The highest BCUT2D eigenvalue weighted by Gasteiger charge is 2.35. The average molecular weight is 443 g/mol. The van der Waals surface area contributed by atoms with E-state index in [2.05, 4.69) is 32.5 Å². The SMILES string of the molecule is C=CC(=O)NCc1cccc(Nc2nc(Nc3cccc(OC)c3)ncc2C(F)(F)F)c1. The Balaban J connectivity index is 1.87. The molecule has 1 aromatic heterocycles. The molecule has 0 aliphatic rings. The fraction of sp³-hybridized carbons (Fsp3) is 0.136. The van der Waals surface area contributed by atoms with Crippen molar-refractivity contribution in [3.05, 3.63) is 78.5 Å². The van der Waals surface area contributed by atoms with E-state index in [0.29, 0.717) is 28.9 Å². The van der Waals surface area contributed by atoms with Gasteiger partial charge in [-0.2, -0.15) is 18.2 Å². The lowest BCUT2D eigenvalue weighted by Crippen LogP contribution is -2.19. The monoisotopic (exact) mass is 443 g/mol. The van der Waals surface area contributed by atoms with Crippen LogP contribution in [-0.2, 0) is 17.5 Å². The molecule has 7 nitrogen and oxygen atoms in total. The Morgan fingerprint density at radius 2 is 1.84 bits per heavy atom. The van der Waals surface area contributed by atoms with Crippen LogP contribution in [0.3, 0.4) is 0 Å². The van der Waals surface area contributed by atoms with Crippen LogP contribution in [0.4, 0.5) is 36.3 Å². The zero-order chi connectivity index (χ0) is 23.1. The van der Waals surface area contributed by atoms with Gasteiger partial charge in [-0.1, -0.05) is 24.8 Å². The quantitative estimate of drug-likeness (QED) is 0.434. The average Bonchev–Trinajstić information content (AvgIpc) is 2.77. The van der Waals surface area contributed by atoms with Gasteiger partial charge in [0.1, 0.15) is 17.1 Å². The Hall–Kier alpha value is -4.08. The molecule has 0 radical (unpaired) electrons. The summed E-state index contributed by atoms with van der Waals surface area (Å²) in [6.07, 6.45) is -2.81. The van der Waals surface area contributed by atoms with Crippen molar-refractivity contribution >= 4 is 29.0 Å². The van der Waals surface area contributed by atoms with Gasteiger partial charge in [-0.3, -0.25) is 4.79 Å². The molecule has 0 unspecified atom stereocenters. The molecule has 3 aromatic rings. The summed E-state index contributed by atoms with van der Waals surface area (Å²) < 4.78 is 45.7. The number of hydrogen-bond acceptors (Lipinski definition) is 6. The standard InChI is InChI=1S/C22H20F3N5O2/c1-3-19(31)26-12-14-6-4-7-15(10-14)28-20-18(22(23,24)25)13-27-21(30-20)29-16-8-5-9-17(11-16)32-2/h3-11,13H,1,12H2,2H3,(H,26,31)(H2,27,28,29,30). The summed E-state index contributed by atoms with van der Waals surface area (Å²) in [5, 5.41) is 8.18. The Kier molecular flexibility index (Phi) is 6.93. The van der Waals surface area contributed by atoms with Gasteiger partial charge in [0.25, 0.3) is 0 Å². The van der Waals surface area contributed by atoms with Crippen LogP contribution in [0.15, 0.2) is 67.4 Å². The molecule has 1 amide bonds. The van der Waals surface area contributed by atoms with Gasteiger partial charge in [-0.25, -0.2) is 4.98 Å². The van der Waals surface area contributed by atoms with Crippen molar-refractivity contribution in [2.24, 2.45) is 0 Å². The molecule has 3 rings (SSSR count). The Morgan fingerprint density at radius 1 is 1.12 bits per heavy atom. The van der Waals surface area contributed by atoms with Gasteiger partial charge in [0.15, 0.2) is 0 Å². The van der Waals surface area contributed by atoms with Crippen LogP contribution >= 0.6 is 0 Å². The summed E-state index contributed by atoms with van der Waals surface area (Å²) in [4.78, 5) is 19.2. The molecular weight excluding hydrogens is 423 g/mol. The van der Waals surface area contributed by atoms with Crippen molar-refractivity contribution in [1.82, 2.24) is 15.3 Å². The molecule has 0 saturated carbocycles. The minimum absolute atomic E-state index is 0.0249. The van der Waals surface area contributed by atoms with E-state index < -0.39 is 17.6 Å². The Labute approximate surface area is 182 Å². The van der Waals surface area contributed by atoms with Crippen molar-refractivity contribution in [3.8, 4) is 5.75 Å². The molecule has 0 spiro atoms. The summed E-state index contributed by atoms with van der Waals surface area (Å²) >= 11 is 0. The lowest BCUT2D eigenvalue weighted by Gasteiger charge is -2.15. The molecule has 0 atom stereocenters. The second-order valence-corrected chi connectivity index (χ2v) is 6.56. The highest BCUT2D eigenvalue weighted by Crippen LogP contribution is 2.35. The number of methoxy groups -OCH3 is 1. The summed E-state index contributed by atoms with van der Waals surface area (Å²) in [5.74, 6) is -0.222. The number of halogens is 3. The molecule has 1 heterocycles. The van der Waals surface area contributed by atoms with E-state index in [9.17, 15) is 18.0 Å². The normalized spacial score (nSPS) is 10.9. The van der Waals surface area contributed by atoms with Crippen molar-refractivity contribution < 1.29 is 22.7 Å². The number of anilines is 4. The second-order valence-electron chi connectivity index (χ2n) is 6.56. The third-order valence-electron chi connectivity index (χ3n) is 4.26. The highest BCUT2D eigenvalue weighted by molar-refractivity contribution is 5.86. The van der Waals surface area contributed by atoms with Crippen LogP contribution in [0.5, 0.6) is 5.75 Å². The molecule has 2 aromatic carbocycles. The zero-order valence-corrected chi connectivity index (χ0v) is 17.0. The van der Waals surface area contributed by atoms with Crippen LogP contribution in [0.1, 0.15) is 11.1 Å². The molecule has 3 N–H and O–H groups in total. The molecule has 166 valence electrons. The maximum absolute atomic E-state index is 13.5. The molecule has 0 bridgehead atoms. The molecule has 0 saturated heterocycles. The number of aromatic nitrogens is 2. The third kappa shape index (κ3) is 5.97. The Bertz CT molecular complexity index is 1120. The Morgan fingerprint density at radius 3 is 2.53 bits per heavy atom. The lowest BCUT2D eigenvalue weighted by molar-refractivity contribution is -0.137. The molecule has 10 heteroatoms. The largest absolute Gasteiger partial charge is 0.497 e. The van der Waals surface area contributed by atoms with Crippen molar-refractivity contribution in [2.45, 2.75) is 12.7 Å². The second kappa shape index (κ2) is 9.82. The van der Waals surface area contributed by atoms with E-state index in [-0.39, 0.29) is 18.4 Å². The number of carbonyl (C=O) groups excluding carboxylic acids is 1. The van der Waals surface area contributed by atoms with Crippen LogP contribution in [-0.4, -0.2) is 23.0 Å². The van der Waals surface area contributed by atoms with Gasteiger partial charge in [0, 0.05) is 30.2 Å². The number of carbonyl (C=O) groups is 1. The number of alkyl halides is 3. The molecular formula is C22H20F3N5O2. The number of amides is 1. The third-order valence-corrected chi connectivity index (χ3v) is 4.26. The van der Waals surface area contributed by atoms with Crippen molar-refractivity contribution in [1.29, 1.82) is 0 Å². The van der Waals surface area contributed by atoms with Gasteiger partial charge in [-0.05, 0) is 35.9 Å².